The first-order valence-corrected chi connectivity index (χ1v) is 21.2. The molecule has 0 radical (unpaired) electrons. The summed E-state index contributed by atoms with van der Waals surface area (Å²) < 4.78 is 12.8. The number of hydrogen-bond acceptors (Lipinski definition) is 6. The second kappa shape index (κ2) is 15.9. The first-order chi connectivity index (χ1) is 30.1. The Bertz CT molecular complexity index is 3180. The zero-order valence-electron chi connectivity index (χ0n) is 34.9. The summed E-state index contributed by atoms with van der Waals surface area (Å²) in [5, 5.41) is 7.20. The number of nitrogens with zero attached hydrogens (tertiary/aromatic N) is 4. The molecule has 0 bridgehead atoms. The zero-order chi connectivity index (χ0) is 42.4. The Labute approximate surface area is 366 Å². The fraction of sp³-hybridized carbons (Fsp3) is 0.111. The second-order valence-corrected chi connectivity index (χ2v) is 16.9. The van der Waals surface area contributed by atoms with Gasteiger partial charge in [0.1, 0.15) is 0 Å². The fourth-order valence-corrected chi connectivity index (χ4v) is 8.44. The average Bonchev–Trinajstić information content (AvgIpc) is 3.54. The van der Waals surface area contributed by atoms with Crippen LogP contribution >= 0.6 is 11.6 Å². The summed E-state index contributed by atoms with van der Waals surface area (Å²) in [7, 11) is -0.411. The number of halogens is 1. The monoisotopic (exact) mass is 824 g/mol. The van der Waals surface area contributed by atoms with Crippen LogP contribution in [-0.2, 0) is 9.31 Å². The molecule has 8 heteroatoms. The normalized spacial score (nSPS) is 14.3. The van der Waals surface area contributed by atoms with Crippen LogP contribution in [0.2, 0.25) is 5.28 Å². The maximum atomic E-state index is 6.40. The summed E-state index contributed by atoms with van der Waals surface area (Å²) in [6.07, 6.45) is 0. The Morgan fingerprint density at radius 2 is 0.919 bits per heavy atom. The van der Waals surface area contributed by atoms with E-state index in [4.69, 9.17) is 25.9 Å². The predicted molar refractivity (Wildman–Crippen MR) is 257 cm³/mol. The molecule has 0 unspecified atom stereocenters. The van der Waals surface area contributed by atoms with Gasteiger partial charge in [0.05, 0.1) is 22.2 Å². The highest BCUT2D eigenvalue weighted by Gasteiger charge is 2.51. The Hall–Kier alpha value is -6.77. The summed E-state index contributed by atoms with van der Waals surface area (Å²) in [6.45, 7) is 8.38. The average molecular weight is 825 g/mol. The van der Waals surface area contributed by atoms with E-state index >= 15 is 0 Å². The van der Waals surface area contributed by atoms with Gasteiger partial charge in [-0.15, -0.1) is 0 Å². The molecule has 8 aromatic carbocycles. The number of pyridine rings is 1. The lowest BCUT2D eigenvalue weighted by atomic mass is 9.77. The molecule has 0 amide bonds. The molecule has 1 fully saturated rings. The SMILES string of the molecule is CC1(C)OB(c2cccc(-c3c4ccc5ccccc5c4nc4c3ccc3ccccc34)c2)OC1(C)C.Clc1nc(-c2ccccc2)nc(-c2ccccc2-c2ccccc2)n1. The molecule has 300 valence electrons. The Balaban J connectivity index is 0.000000160. The van der Waals surface area contributed by atoms with E-state index in [0.29, 0.717) is 11.6 Å². The van der Waals surface area contributed by atoms with Crippen molar-refractivity contribution in [3.8, 4) is 45.0 Å². The molecule has 0 N–H and O–H groups in total. The highest BCUT2D eigenvalue weighted by molar-refractivity contribution is 6.62. The van der Waals surface area contributed by atoms with Crippen molar-refractivity contribution in [3.05, 3.63) is 187 Å². The first-order valence-electron chi connectivity index (χ1n) is 20.8. The lowest BCUT2D eigenvalue weighted by Gasteiger charge is -2.32. The highest BCUT2D eigenvalue weighted by atomic mass is 35.5. The second-order valence-electron chi connectivity index (χ2n) is 16.6. The van der Waals surface area contributed by atoms with Crippen LogP contribution in [0.4, 0.5) is 0 Å². The molecular formula is C54H42BClN4O2. The van der Waals surface area contributed by atoms with Gasteiger partial charge in [0.15, 0.2) is 11.6 Å². The first kappa shape index (κ1) is 39.4. The molecule has 0 spiro atoms. The molecule has 10 aromatic rings. The molecule has 0 atom stereocenters. The van der Waals surface area contributed by atoms with Crippen molar-refractivity contribution in [2.24, 2.45) is 0 Å². The molecule has 2 aromatic heterocycles. The van der Waals surface area contributed by atoms with E-state index in [9.17, 15) is 0 Å². The van der Waals surface area contributed by atoms with E-state index < -0.39 is 7.12 Å². The molecule has 6 nitrogen and oxygen atoms in total. The van der Waals surface area contributed by atoms with Gasteiger partial charge < -0.3 is 9.31 Å². The summed E-state index contributed by atoms with van der Waals surface area (Å²) >= 11 is 6.19. The van der Waals surface area contributed by atoms with E-state index in [-0.39, 0.29) is 16.5 Å². The minimum atomic E-state index is -0.411. The summed E-state index contributed by atoms with van der Waals surface area (Å²) in [5.41, 5.74) is 8.63. The third-order valence-corrected chi connectivity index (χ3v) is 12.3. The molecule has 11 rings (SSSR count). The number of hydrogen-bond donors (Lipinski definition) is 0. The molecule has 0 aliphatic carbocycles. The van der Waals surface area contributed by atoms with E-state index in [1.807, 2.05) is 66.7 Å². The topological polar surface area (TPSA) is 70.0 Å². The van der Waals surface area contributed by atoms with E-state index in [2.05, 4.69) is 158 Å². The summed E-state index contributed by atoms with van der Waals surface area (Å²) in [4.78, 5) is 18.6. The van der Waals surface area contributed by atoms with Crippen LogP contribution < -0.4 is 5.46 Å². The molecular weight excluding hydrogens is 783 g/mol. The largest absolute Gasteiger partial charge is 0.494 e. The molecule has 1 saturated heterocycles. The number of rotatable bonds is 5. The van der Waals surface area contributed by atoms with Gasteiger partial charge >= 0.3 is 7.12 Å². The number of aromatic nitrogens is 4. The van der Waals surface area contributed by atoms with Gasteiger partial charge in [0.2, 0.25) is 5.28 Å². The van der Waals surface area contributed by atoms with E-state index in [1.54, 1.807) is 0 Å². The van der Waals surface area contributed by atoms with Crippen LogP contribution in [0.1, 0.15) is 27.7 Å². The quantitative estimate of drug-likeness (QED) is 0.0978. The van der Waals surface area contributed by atoms with E-state index in [1.165, 1.54) is 16.3 Å². The summed E-state index contributed by atoms with van der Waals surface area (Å²) in [5.74, 6) is 1.14. The van der Waals surface area contributed by atoms with Crippen LogP contribution in [0.3, 0.4) is 0 Å². The van der Waals surface area contributed by atoms with Crippen molar-refractivity contribution in [2.75, 3.05) is 0 Å². The van der Waals surface area contributed by atoms with Gasteiger partial charge in [-0.25, -0.2) is 9.97 Å². The summed E-state index contributed by atoms with van der Waals surface area (Å²) in [6, 6.07) is 62.4. The van der Waals surface area contributed by atoms with Crippen molar-refractivity contribution in [1.82, 2.24) is 19.9 Å². The Morgan fingerprint density at radius 1 is 0.419 bits per heavy atom. The van der Waals surface area contributed by atoms with Crippen molar-refractivity contribution in [1.29, 1.82) is 0 Å². The third kappa shape index (κ3) is 7.28. The smallest absolute Gasteiger partial charge is 0.399 e. The minimum Gasteiger partial charge on any atom is -0.399 e. The van der Waals surface area contributed by atoms with Crippen molar-refractivity contribution in [2.45, 2.75) is 38.9 Å². The lowest BCUT2D eigenvalue weighted by molar-refractivity contribution is 0.00578. The minimum absolute atomic E-state index is 0.187. The van der Waals surface area contributed by atoms with Crippen molar-refractivity contribution >= 4 is 67.5 Å². The Morgan fingerprint density at radius 3 is 1.53 bits per heavy atom. The van der Waals surface area contributed by atoms with Crippen LogP contribution in [-0.4, -0.2) is 38.3 Å². The Kier molecular flexibility index (Phi) is 10.1. The molecule has 1 aliphatic rings. The fourth-order valence-electron chi connectivity index (χ4n) is 8.28. The van der Waals surface area contributed by atoms with Gasteiger partial charge in [0, 0.05) is 38.2 Å². The van der Waals surface area contributed by atoms with E-state index in [0.717, 1.165) is 65.9 Å². The van der Waals surface area contributed by atoms with Crippen LogP contribution in [0, 0.1) is 0 Å². The zero-order valence-corrected chi connectivity index (χ0v) is 35.6. The lowest BCUT2D eigenvalue weighted by Crippen LogP contribution is -2.41. The molecule has 1 aliphatic heterocycles. The maximum absolute atomic E-state index is 6.40. The van der Waals surface area contributed by atoms with Crippen LogP contribution in [0.25, 0.3) is 88.4 Å². The predicted octanol–water partition coefficient (Wildman–Crippen LogP) is 13.2. The number of fused-ring (bicyclic) bond motifs is 6. The molecule has 0 saturated carbocycles. The molecule has 62 heavy (non-hydrogen) atoms. The molecule has 3 heterocycles. The number of benzene rings is 8. The van der Waals surface area contributed by atoms with Gasteiger partial charge in [0.25, 0.3) is 0 Å². The van der Waals surface area contributed by atoms with Gasteiger partial charge in [-0.1, -0.05) is 182 Å². The van der Waals surface area contributed by atoms with Gasteiger partial charge in [-0.2, -0.15) is 9.97 Å². The van der Waals surface area contributed by atoms with Crippen LogP contribution in [0.5, 0.6) is 0 Å². The van der Waals surface area contributed by atoms with Gasteiger partial charge in [-0.3, -0.25) is 0 Å². The highest BCUT2D eigenvalue weighted by Crippen LogP contribution is 2.41. The van der Waals surface area contributed by atoms with Crippen molar-refractivity contribution in [3.63, 3.8) is 0 Å². The van der Waals surface area contributed by atoms with Gasteiger partial charge in [-0.05, 0) is 72.2 Å². The van der Waals surface area contributed by atoms with Crippen LogP contribution in [0.15, 0.2) is 182 Å². The van der Waals surface area contributed by atoms with Crippen molar-refractivity contribution < 1.29 is 9.31 Å². The maximum Gasteiger partial charge on any atom is 0.494 e. The third-order valence-electron chi connectivity index (χ3n) is 12.2. The standard InChI is InChI=1S/C33H28BNO2.C21H14ClN3/c1-32(2)33(3,4)37-34(36-32)24-13-9-12-23(20-24)29-27-18-16-21-10-5-7-14-25(21)30(27)35-31-26-15-8-6-11-22(26)17-19-28(29)31;22-21-24-19(16-11-5-2-6-12-16)23-20(25-21)18-14-8-7-13-17(18)15-9-3-1-4-10-15/h5-20H,1-4H3;1-14H.